The maximum absolute atomic E-state index is 13.5. The first-order valence-electron chi connectivity index (χ1n) is 29.8. The van der Waals surface area contributed by atoms with Crippen LogP contribution in [0.1, 0.15) is 103 Å². The number of ether oxygens (including phenoxy) is 8. The average molecular weight is 1340 g/mol. The van der Waals surface area contributed by atoms with Gasteiger partial charge >= 0.3 is 27.8 Å². The fraction of sp³-hybridized carbons (Fsp3) is 0.531. The summed E-state index contributed by atoms with van der Waals surface area (Å²) in [5.74, 6) is -3.17. The van der Waals surface area contributed by atoms with Gasteiger partial charge in [-0.1, -0.05) is 104 Å². The third-order valence-electron chi connectivity index (χ3n) is 13.6. The maximum atomic E-state index is 13.5. The van der Waals surface area contributed by atoms with Crippen LogP contribution in [0.5, 0.6) is 17.2 Å². The molecule has 6 aliphatic heterocycles. The van der Waals surface area contributed by atoms with E-state index < -0.39 is 99.0 Å². The molecule has 0 bridgehead atoms. The fourth-order valence-corrected chi connectivity index (χ4v) is 11.9. The molecule has 3 aromatic carbocycles. The predicted molar refractivity (Wildman–Crippen MR) is 342 cm³/mol. The van der Waals surface area contributed by atoms with Gasteiger partial charge in [-0.15, -0.1) is 4.52 Å². The molecule has 4 saturated heterocycles. The number of nitrogens with zero attached hydrogens (tertiary/aromatic N) is 3. The van der Waals surface area contributed by atoms with Crippen molar-refractivity contribution in [1.82, 2.24) is 9.80 Å². The van der Waals surface area contributed by atoms with Gasteiger partial charge in [-0.25, -0.2) is 9.09 Å². The van der Waals surface area contributed by atoms with Crippen LogP contribution in [-0.2, 0) is 70.7 Å². The minimum absolute atomic E-state index is 0. The second-order valence-electron chi connectivity index (χ2n) is 25.5. The number of hydrogen-bond acceptors (Lipinski definition) is 24. The van der Waals surface area contributed by atoms with Crippen molar-refractivity contribution in [2.75, 3.05) is 32.6 Å². The minimum Gasteiger partial charge on any atom is -0.465 e. The number of nitro benzene ring substituents is 1. The number of hydrogen-bond donors (Lipinski definition) is 4. The van der Waals surface area contributed by atoms with E-state index in [1.54, 1.807) is 90.6 Å². The molecule has 6 aliphatic rings. The second kappa shape index (κ2) is 33.3. The summed E-state index contributed by atoms with van der Waals surface area (Å²) in [6, 6.07) is 21.9. The van der Waals surface area contributed by atoms with E-state index in [1.165, 1.54) is 24.3 Å². The molecule has 7 N–H and O–H groups in total. The van der Waals surface area contributed by atoms with E-state index in [0.717, 1.165) is 0 Å². The Morgan fingerprint density at radius 1 is 0.688 bits per heavy atom. The summed E-state index contributed by atoms with van der Waals surface area (Å²) < 4.78 is 93.5. The molecule has 3 aromatic rings. The largest absolute Gasteiger partial charge is 0.750 e. The number of carbonyl (C=O) groups excluding carboxylic acids is 4. The summed E-state index contributed by atoms with van der Waals surface area (Å²) in [4.78, 5) is 59.9. The molecule has 9 rings (SSSR count). The standard InChI is InChI=1S/C21H26NO7P.C20H23N2O7P.C14H20N2O5.C8H17NO2.CH4/c1-16(20(23)27-15-21(2,3)4)14-30(26,28-18-8-6-5-7-9-18)29-19-12-10-17(11-13-19)22(24)25;1-20(2)27-16-15(12-25-30(24)29-14-8-4-3-5-9-14)26-19(17(16)28-20)22-10-6-7-13(11-22)18(21)23;1-14(2)20-10-9(7-17)19-13(11(10)21-14)16-5-3-4-8(6-16)12(15)18;1-6(9)7(10)11-5-8(2,3)4;/h5-13,16H,14-15H2,1-4H3;3-6,8-11,15-17,19H,7,12H2,1-2H3,(H-,21,23);3,5-6,9-11,13,17H,4,7H2,1-2H3,(H2,15,18);6H,5,9H2,1-4H3;1H4/p+1/t;15?,16-,17-,19-;9?,10-,11-,13-;;/m.11../s1. The zero-order valence-electron chi connectivity index (χ0n) is 53.9. The molecule has 2 amide bonds. The normalized spacial score (nSPS) is 24.4. The summed E-state index contributed by atoms with van der Waals surface area (Å²) in [6.45, 7) is 22.8. The van der Waals surface area contributed by atoms with Crippen molar-refractivity contribution in [3.63, 3.8) is 0 Å². The summed E-state index contributed by atoms with van der Waals surface area (Å²) in [5, 5.41) is 20.3. The zero-order valence-corrected chi connectivity index (χ0v) is 55.6. The molecule has 12 atom stereocenters. The number of non-ortho nitro benzene ring substituents is 1. The van der Waals surface area contributed by atoms with Gasteiger partial charge in [-0.3, -0.25) is 29.3 Å². The van der Waals surface area contributed by atoms with Crippen molar-refractivity contribution in [2.24, 2.45) is 33.9 Å². The van der Waals surface area contributed by atoms with Crippen LogP contribution in [0.2, 0.25) is 0 Å². The van der Waals surface area contributed by atoms with Gasteiger partial charge in [0.1, 0.15) is 60.8 Å². The number of para-hydroxylation sites is 2. The number of aliphatic hydroxyl groups excluding tert-OH is 1. The van der Waals surface area contributed by atoms with Crippen molar-refractivity contribution >= 4 is 45.3 Å². The maximum Gasteiger partial charge on any atom is 0.750 e. The van der Waals surface area contributed by atoms with E-state index in [9.17, 15) is 43.5 Å². The Morgan fingerprint density at radius 3 is 1.54 bits per heavy atom. The third-order valence-corrected chi connectivity index (χ3v) is 16.3. The molecule has 0 aliphatic carbocycles. The van der Waals surface area contributed by atoms with Crippen LogP contribution in [0.4, 0.5) is 5.69 Å². The smallest absolute Gasteiger partial charge is 0.465 e. The van der Waals surface area contributed by atoms with E-state index in [-0.39, 0.29) is 73.9 Å². The Balaban J connectivity index is 0.000000236. The Bertz CT molecular complexity index is 3190. The lowest BCUT2D eigenvalue weighted by atomic mass is 9.99. The SMILES string of the molecule is C.CC(CP(=O)(Oc1ccccc1)Oc1ccc([N+](=O)[O-])cc1)C(=O)OCC(C)(C)C.CC(N)C(=O)OCC(C)(C)C.CC1(C)O[C@@H]2[C@H](O1)C(CO)O[C@H]2N1C=CCC(C(N)=O)=C1.CC1(C)O[C@@H]2[C@H](O1)C(CO[P+](=O)Oc1ccccc1)O[C@H]2N1C=CCC(C(N)=O)=C1. The van der Waals surface area contributed by atoms with Crippen molar-refractivity contribution in [1.29, 1.82) is 0 Å². The molecular formula is C64H91N6O21P2+. The predicted octanol–water partition coefficient (Wildman–Crippen LogP) is 9.42. The lowest BCUT2D eigenvalue weighted by Gasteiger charge is -2.31. The highest BCUT2D eigenvalue weighted by atomic mass is 31.2. The second-order valence-corrected chi connectivity index (χ2v) is 28.4. The van der Waals surface area contributed by atoms with Crippen LogP contribution < -0.4 is 30.8 Å². The van der Waals surface area contributed by atoms with Crippen LogP contribution in [-0.4, -0.2) is 143 Å². The molecule has 512 valence electrons. The summed E-state index contributed by atoms with van der Waals surface area (Å²) >= 11 is 0. The molecule has 6 unspecified atom stereocenters. The van der Waals surface area contributed by atoms with Gasteiger partial charge in [0, 0.05) is 52.6 Å². The molecule has 0 saturated carbocycles. The number of rotatable bonds is 21. The fourth-order valence-electron chi connectivity index (χ4n) is 9.39. The monoisotopic (exact) mass is 1340 g/mol. The number of primary amides is 2. The first kappa shape index (κ1) is 76.6. The van der Waals surface area contributed by atoms with Gasteiger partial charge in [-0.2, -0.15) is 0 Å². The number of allylic oxidation sites excluding steroid dienone is 2. The summed E-state index contributed by atoms with van der Waals surface area (Å²) in [6.07, 6.45) is 7.79. The quantitative estimate of drug-likeness (QED) is 0.0334. The van der Waals surface area contributed by atoms with E-state index in [0.29, 0.717) is 42.1 Å². The molecule has 6 heterocycles. The number of nitro groups is 1. The average Bonchev–Trinajstić information content (AvgIpc) is 1.62. The highest BCUT2D eigenvalue weighted by Gasteiger charge is 2.58. The number of fused-ring (bicyclic) bond motifs is 2. The minimum atomic E-state index is -3.85. The van der Waals surface area contributed by atoms with Crippen molar-refractivity contribution in [3.05, 3.63) is 143 Å². The number of amides is 2. The van der Waals surface area contributed by atoms with Crippen molar-refractivity contribution < 1.29 is 94.3 Å². The van der Waals surface area contributed by atoms with Crippen LogP contribution in [0, 0.1) is 26.9 Å². The summed E-state index contributed by atoms with van der Waals surface area (Å²) in [5.41, 5.74) is 16.7. The van der Waals surface area contributed by atoms with E-state index >= 15 is 0 Å². The zero-order chi connectivity index (χ0) is 67.9. The molecule has 27 nitrogen and oxygen atoms in total. The van der Waals surface area contributed by atoms with Gasteiger partial charge in [0.2, 0.25) is 11.8 Å². The molecule has 4 fully saturated rings. The first-order chi connectivity index (χ1) is 43.0. The lowest BCUT2D eigenvalue weighted by molar-refractivity contribution is -0.384. The van der Waals surface area contributed by atoms with E-state index in [1.807, 2.05) is 99.9 Å². The number of nitrogens with two attached hydrogens (primary N) is 3. The first-order valence-corrected chi connectivity index (χ1v) is 32.6. The van der Waals surface area contributed by atoms with Crippen LogP contribution >= 0.6 is 15.9 Å². The van der Waals surface area contributed by atoms with E-state index in [2.05, 4.69) is 0 Å². The number of aliphatic hydroxyl groups is 1. The Morgan fingerprint density at radius 2 is 1.11 bits per heavy atom. The molecule has 0 spiro atoms. The molecule has 0 aromatic heterocycles. The summed E-state index contributed by atoms with van der Waals surface area (Å²) in [7, 11) is -6.23. The molecular weight excluding hydrogens is 1250 g/mol. The number of esters is 2. The van der Waals surface area contributed by atoms with Crippen LogP contribution in [0.25, 0.3) is 0 Å². The molecule has 0 radical (unpaired) electrons. The molecule has 29 heteroatoms. The Hall–Kier alpha value is -7.13. The lowest BCUT2D eigenvalue weighted by Crippen LogP contribution is -2.40. The number of benzene rings is 3. The topological polar surface area (TPSA) is 361 Å². The van der Waals surface area contributed by atoms with E-state index in [4.69, 9.17) is 73.2 Å². The third kappa shape index (κ3) is 23.7. The van der Waals surface area contributed by atoms with Gasteiger partial charge in [0.25, 0.3) is 5.69 Å². The van der Waals surface area contributed by atoms with Crippen LogP contribution in [0.3, 0.4) is 0 Å². The number of carbonyl (C=O) groups is 4. The van der Waals surface area contributed by atoms with Gasteiger partial charge in [0.15, 0.2) is 29.8 Å². The highest BCUT2D eigenvalue weighted by molar-refractivity contribution is 7.54. The molecule has 93 heavy (non-hydrogen) atoms. The van der Waals surface area contributed by atoms with Gasteiger partial charge in [0.05, 0.1) is 36.8 Å². The van der Waals surface area contributed by atoms with Crippen LogP contribution in [0.15, 0.2) is 133 Å². The van der Waals surface area contributed by atoms with Gasteiger partial charge < -0.3 is 79.0 Å². The Labute approximate surface area is 544 Å². The van der Waals surface area contributed by atoms with Crippen molar-refractivity contribution in [2.45, 2.75) is 170 Å². The van der Waals surface area contributed by atoms with Gasteiger partial charge in [-0.05, 0) is 94.7 Å². The highest BCUT2D eigenvalue weighted by Crippen LogP contribution is 2.51. The Kier molecular flexibility index (Phi) is 27.4. The van der Waals surface area contributed by atoms with Crippen molar-refractivity contribution in [3.8, 4) is 17.2 Å².